The number of pyridine rings is 1. The molecule has 31 heavy (non-hydrogen) atoms. The van der Waals surface area contributed by atoms with E-state index in [0.29, 0.717) is 24.7 Å². The van der Waals surface area contributed by atoms with Gasteiger partial charge in [0, 0.05) is 18.8 Å². The topological polar surface area (TPSA) is 95.3 Å². The molecule has 1 aliphatic heterocycles. The second-order valence-electron chi connectivity index (χ2n) is 8.84. The zero-order chi connectivity index (χ0) is 22.2. The minimum atomic E-state index is -0.495. The lowest BCUT2D eigenvalue weighted by molar-refractivity contribution is 0.0186. The molecule has 0 unspecified atom stereocenters. The van der Waals surface area contributed by atoms with Gasteiger partial charge in [-0.25, -0.2) is 19.4 Å². The van der Waals surface area contributed by atoms with E-state index in [1.54, 1.807) is 11.1 Å². The zero-order valence-electron chi connectivity index (χ0n) is 18.6. The number of aromatic nitrogens is 5. The van der Waals surface area contributed by atoms with Crippen molar-refractivity contribution in [1.29, 1.82) is 0 Å². The molecule has 4 heterocycles. The second-order valence-corrected chi connectivity index (χ2v) is 8.84. The standard InChI is InChI=1S/C22H28N6O3/c1-14-6-7-18(15(2)26-14)30-20-17-12-25-28(19(17)23-13-24-20)16-8-10-27(11-9-16)21(29)31-22(3,4)5/h6-7,12-13,16H,8-11H2,1-5H3. The van der Waals surface area contributed by atoms with Crippen LogP contribution in [0.25, 0.3) is 11.0 Å². The van der Waals surface area contributed by atoms with Gasteiger partial charge in [-0.05, 0) is 59.6 Å². The first-order chi connectivity index (χ1) is 14.7. The van der Waals surface area contributed by atoms with Crippen LogP contribution in [0, 0.1) is 13.8 Å². The fourth-order valence-electron chi connectivity index (χ4n) is 3.69. The van der Waals surface area contributed by atoms with Gasteiger partial charge in [0.1, 0.15) is 17.3 Å². The number of carbonyl (C=O) groups excluding carboxylic acids is 1. The number of hydrogen-bond donors (Lipinski definition) is 0. The normalized spacial score (nSPS) is 15.3. The Bertz CT molecular complexity index is 1100. The van der Waals surface area contributed by atoms with E-state index in [9.17, 15) is 4.79 Å². The first-order valence-corrected chi connectivity index (χ1v) is 10.5. The Morgan fingerprint density at radius 1 is 1.13 bits per heavy atom. The van der Waals surface area contributed by atoms with E-state index in [-0.39, 0.29) is 12.1 Å². The third-order valence-corrected chi connectivity index (χ3v) is 5.20. The highest BCUT2D eigenvalue weighted by atomic mass is 16.6. The van der Waals surface area contributed by atoms with Crippen LogP contribution >= 0.6 is 0 Å². The van der Waals surface area contributed by atoms with Gasteiger partial charge in [0.25, 0.3) is 0 Å². The Kier molecular flexibility index (Phi) is 5.51. The van der Waals surface area contributed by atoms with E-state index in [1.165, 1.54) is 6.33 Å². The molecule has 0 spiro atoms. The predicted molar refractivity (Wildman–Crippen MR) is 115 cm³/mol. The minimum absolute atomic E-state index is 0.140. The molecule has 3 aromatic rings. The summed E-state index contributed by atoms with van der Waals surface area (Å²) in [5.74, 6) is 1.11. The summed E-state index contributed by atoms with van der Waals surface area (Å²) in [5, 5.41) is 5.32. The number of ether oxygens (including phenoxy) is 2. The van der Waals surface area contributed by atoms with Gasteiger partial charge in [-0.15, -0.1) is 0 Å². The number of piperidine rings is 1. The Morgan fingerprint density at radius 2 is 1.87 bits per heavy atom. The highest BCUT2D eigenvalue weighted by Crippen LogP contribution is 2.31. The number of fused-ring (bicyclic) bond motifs is 1. The summed E-state index contributed by atoms with van der Waals surface area (Å²) in [5.41, 5.74) is 1.96. The quantitative estimate of drug-likeness (QED) is 0.622. The number of nitrogens with zero attached hydrogens (tertiary/aromatic N) is 6. The molecule has 0 radical (unpaired) electrons. The smallest absolute Gasteiger partial charge is 0.410 e. The molecule has 1 saturated heterocycles. The largest absolute Gasteiger partial charge is 0.444 e. The van der Waals surface area contributed by atoms with Crippen LogP contribution in [-0.2, 0) is 4.74 Å². The highest BCUT2D eigenvalue weighted by molar-refractivity contribution is 5.80. The van der Waals surface area contributed by atoms with Crippen LogP contribution in [-0.4, -0.2) is 54.4 Å². The van der Waals surface area contributed by atoms with Crippen LogP contribution in [0.15, 0.2) is 24.7 Å². The van der Waals surface area contributed by atoms with Crippen LogP contribution in [0.2, 0.25) is 0 Å². The molecular weight excluding hydrogens is 396 g/mol. The number of rotatable bonds is 3. The average molecular weight is 425 g/mol. The molecule has 164 valence electrons. The minimum Gasteiger partial charge on any atom is -0.444 e. The van der Waals surface area contributed by atoms with Crippen molar-refractivity contribution >= 4 is 17.1 Å². The molecular formula is C22H28N6O3. The van der Waals surface area contributed by atoms with Crippen molar-refractivity contribution in [3.8, 4) is 11.6 Å². The summed E-state index contributed by atoms with van der Waals surface area (Å²) in [6.45, 7) is 10.7. The van der Waals surface area contributed by atoms with Crippen molar-refractivity contribution in [3.05, 3.63) is 36.0 Å². The third kappa shape index (κ3) is 4.60. The summed E-state index contributed by atoms with van der Waals surface area (Å²) in [6.07, 6.45) is 4.51. The van der Waals surface area contributed by atoms with Crippen molar-refractivity contribution in [2.75, 3.05) is 13.1 Å². The predicted octanol–water partition coefficient (Wildman–Crippen LogP) is 4.20. The van der Waals surface area contributed by atoms with E-state index in [2.05, 4.69) is 20.1 Å². The molecule has 0 bridgehead atoms. The van der Waals surface area contributed by atoms with Crippen molar-refractivity contribution in [2.45, 2.75) is 59.1 Å². The van der Waals surface area contributed by atoms with E-state index in [1.807, 2.05) is 51.4 Å². The molecule has 1 fully saturated rings. The van der Waals surface area contributed by atoms with Crippen molar-refractivity contribution in [1.82, 2.24) is 29.6 Å². The maximum atomic E-state index is 12.3. The van der Waals surface area contributed by atoms with Crippen LogP contribution in [0.4, 0.5) is 4.79 Å². The SMILES string of the molecule is Cc1ccc(Oc2ncnc3c2cnn3C2CCN(C(=O)OC(C)(C)C)CC2)c(C)n1. The van der Waals surface area contributed by atoms with Crippen LogP contribution < -0.4 is 4.74 Å². The molecule has 4 rings (SSSR count). The number of carbonyl (C=O) groups is 1. The van der Waals surface area contributed by atoms with E-state index < -0.39 is 5.60 Å². The molecule has 0 saturated carbocycles. The van der Waals surface area contributed by atoms with Gasteiger partial charge >= 0.3 is 6.09 Å². The van der Waals surface area contributed by atoms with Gasteiger partial charge in [0.2, 0.25) is 5.88 Å². The van der Waals surface area contributed by atoms with E-state index >= 15 is 0 Å². The average Bonchev–Trinajstić information content (AvgIpc) is 3.14. The Hall–Kier alpha value is -3.23. The lowest BCUT2D eigenvalue weighted by atomic mass is 10.1. The maximum absolute atomic E-state index is 12.3. The Morgan fingerprint density at radius 3 is 2.55 bits per heavy atom. The number of amides is 1. The maximum Gasteiger partial charge on any atom is 0.410 e. The summed E-state index contributed by atoms with van der Waals surface area (Å²) < 4.78 is 13.4. The molecule has 0 N–H and O–H groups in total. The molecule has 9 heteroatoms. The Labute approximate surface area is 181 Å². The van der Waals surface area contributed by atoms with Gasteiger partial charge in [0.05, 0.1) is 17.9 Å². The molecule has 3 aromatic heterocycles. The highest BCUT2D eigenvalue weighted by Gasteiger charge is 2.29. The summed E-state index contributed by atoms with van der Waals surface area (Å²) >= 11 is 0. The van der Waals surface area contributed by atoms with Crippen LogP contribution in [0.3, 0.4) is 0 Å². The molecule has 0 atom stereocenters. The van der Waals surface area contributed by atoms with Gasteiger partial charge in [-0.1, -0.05) is 0 Å². The van der Waals surface area contributed by atoms with E-state index in [4.69, 9.17) is 9.47 Å². The number of aryl methyl sites for hydroxylation is 2. The molecule has 0 aliphatic carbocycles. The molecule has 0 aromatic carbocycles. The third-order valence-electron chi connectivity index (χ3n) is 5.20. The van der Waals surface area contributed by atoms with Gasteiger partial charge in [0.15, 0.2) is 11.4 Å². The van der Waals surface area contributed by atoms with Gasteiger partial charge in [-0.3, -0.25) is 4.98 Å². The fraction of sp³-hybridized carbons (Fsp3) is 0.500. The number of hydrogen-bond acceptors (Lipinski definition) is 7. The molecule has 1 amide bonds. The number of likely N-dealkylation sites (tertiary alicyclic amines) is 1. The van der Waals surface area contributed by atoms with Gasteiger partial charge in [-0.2, -0.15) is 5.10 Å². The lowest BCUT2D eigenvalue weighted by Gasteiger charge is -2.33. The monoisotopic (exact) mass is 424 g/mol. The van der Waals surface area contributed by atoms with Crippen molar-refractivity contribution < 1.29 is 14.3 Å². The first-order valence-electron chi connectivity index (χ1n) is 10.5. The summed E-state index contributed by atoms with van der Waals surface area (Å²) in [7, 11) is 0. The van der Waals surface area contributed by atoms with Crippen LogP contribution in [0.1, 0.15) is 51.0 Å². The molecule has 1 aliphatic rings. The van der Waals surface area contributed by atoms with Gasteiger partial charge < -0.3 is 14.4 Å². The lowest BCUT2D eigenvalue weighted by Crippen LogP contribution is -2.42. The summed E-state index contributed by atoms with van der Waals surface area (Å²) in [4.78, 5) is 27.3. The molecule has 9 nitrogen and oxygen atoms in total. The Balaban J connectivity index is 1.50. The first kappa shape index (κ1) is 21.0. The van der Waals surface area contributed by atoms with Crippen molar-refractivity contribution in [3.63, 3.8) is 0 Å². The van der Waals surface area contributed by atoms with E-state index in [0.717, 1.165) is 35.3 Å². The zero-order valence-corrected chi connectivity index (χ0v) is 18.6. The second kappa shape index (κ2) is 8.13. The van der Waals surface area contributed by atoms with Crippen molar-refractivity contribution in [2.24, 2.45) is 0 Å². The summed E-state index contributed by atoms with van der Waals surface area (Å²) in [6, 6.07) is 3.94. The van der Waals surface area contributed by atoms with Crippen LogP contribution in [0.5, 0.6) is 11.6 Å². The fourth-order valence-corrected chi connectivity index (χ4v) is 3.69.